The maximum Gasteiger partial charge on any atom is 0.0897 e. The Morgan fingerprint density at radius 3 is 2.81 bits per heavy atom. The van der Waals surface area contributed by atoms with Gasteiger partial charge < -0.3 is 4.74 Å². The summed E-state index contributed by atoms with van der Waals surface area (Å²) in [5.74, 6) is 0.268. The van der Waals surface area contributed by atoms with E-state index in [1.54, 1.807) is 18.0 Å². The maximum absolute atomic E-state index is 5.87. The van der Waals surface area contributed by atoms with E-state index >= 15 is 0 Å². The van der Waals surface area contributed by atoms with Gasteiger partial charge in [0.2, 0.25) is 0 Å². The zero-order valence-corrected chi connectivity index (χ0v) is 12.9. The fourth-order valence-electron chi connectivity index (χ4n) is 2.80. The van der Waals surface area contributed by atoms with Crippen LogP contribution in [-0.4, -0.2) is 62.5 Å². The second-order valence-corrected chi connectivity index (χ2v) is 5.82. The molecule has 1 aliphatic heterocycles. The highest BCUT2D eigenvalue weighted by molar-refractivity contribution is 6.30. The second-order valence-electron chi connectivity index (χ2n) is 5.38. The molecule has 0 bridgehead atoms. The Bertz CT molecular complexity index is 597. The van der Waals surface area contributed by atoms with Crippen LogP contribution in [0.4, 0.5) is 0 Å². The standard InChI is InChI=1S/C13H19ClN6O/c1-18-8-12(16-17-18)11-7-19(9-13(11)21-2)3-4-20-6-10(14)5-15-20/h5-6,8,11,13H,3-4,7,9H2,1-2H3/t11-,13+/m0/s1. The quantitative estimate of drug-likeness (QED) is 0.817. The minimum atomic E-state index is 0.155. The molecular formula is C13H19ClN6O. The average molecular weight is 311 g/mol. The molecule has 0 aliphatic carbocycles. The zero-order chi connectivity index (χ0) is 14.8. The third-order valence-electron chi connectivity index (χ3n) is 3.89. The van der Waals surface area contributed by atoms with Gasteiger partial charge in [0.25, 0.3) is 0 Å². The first-order valence-electron chi connectivity index (χ1n) is 6.95. The van der Waals surface area contributed by atoms with Crippen LogP contribution < -0.4 is 0 Å². The van der Waals surface area contributed by atoms with Crippen molar-refractivity contribution in [3.63, 3.8) is 0 Å². The van der Waals surface area contributed by atoms with E-state index in [2.05, 4.69) is 20.3 Å². The number of rotatable bonds is 5. The van der Waals surface area contributed by atoms with Crippen molar-refractivity contribution in [2.75, 3.05) is 26.7 Å². The van der Waals surface area contributed by atoms with E-state index in [0.29, 0.717) is 5.02 Å². The normalized spacial score (nSPS) is 23.0. The Balaban J connectivity index is 1.61. The number of ether oxygens (including phenoxy) is 1. The van der Waals surface area contributed by atoms with Crippen molar-refractivity contribution in [2.24, 2.45) is 7.05 Å². The van der Waals surface area contributed by atoms with Crippen LogP contribution >= 0.6 is 11.6 Å². The van der Waals surface area contributed by atoms with Gasteiger partial charge in [-0.15, -0.1) is 5.10 Å². The molecule has 0 saturated carbocycles. The summed E-state index contributed by atoms with van der Waals surface area (Å²) in [5.41, 5.74) is 0.994. The first-order chi connectivity index (χ1) is 10.2. The van der Waals surface area contributed by atoms with Crippen LogP contribution in [0.1, 0.15) is 11.6 Å². The molecule has 3 rings (SSSR count). The van der Waals surface area contributed by atoms with Crippen LogP contribution in [0.3, 0.4) is 0 Å². The van der Waals surface area contributed by atoms with Crippen LogP contribution in [-0.2, 0) is 18.3 Å². The summed E-state index contributed by atoms with van der Waals surface area (Å²) in [6.45, 7) is 3.55. The van der Waals surface area contributed by atoms with Gasteiger partial charge in [-0.3, -0.25) is 14.3 Å². The van der Waals surface area contributed by atoms with Gasteiger partial charge in [-0.2, -0.15) is 5.10 Å². The molecule has 114 valence electrons. The fraction of sp³-hybridized carbons (Fsp3) is 0.615. The highest BCUT2D eigenvalue weighted by Crippen LogP contribution is 2.27. The topological polar surface area (TPSA) is 61.0 Å². The molecule has 2 aromatic rings. The number of aryl methyl sites for hydroxylation is 1. The van der Waals surface area contributed by atoms with E-state index in [9.17, 15) is 0 Å². The summed E-state index contributed by atoms with van der Waals surface area (Å²) in [5, 5.41) is 13.1. The predicted molar refractivity (Wildman–Crippen MR) is 78.2 cm³/mol. The molecule has 0 N–H and O–H groups in total. The van der Waals surface area contributed by atoms with Crippen molar-refractivity contribution >= 4 is 11.6 Å². The third-order valence-corrected chi connectivity index (χ3v) is 4.09. The van der Waals surface area contributed by atoms with Crippen molar-refractivity contribution < 1.29 is 4.74 Å². The summed E-state index contributed by atoms with van der Waals surface area (Å²) in [4.78, 5) is 2.36. The SMILES string of the molecule is CO[C@@H]1CN(CCn2cc(Cl)cn2)C[C@H]1c1cn(C)nn1. The average Bonchev–Trinajstić information content (AvgIpc) is 3.16. The Morgan fingerprint density at radius 1 is 1.33 bits per heavy atom. The second kappa shape index (κ2) is 6.13. The van der Waals surface area contributed by atoms with Crippen LogP contribution in [0.2, 0.25) is 5.02 Å². The van der Waals surface area contributed by atoms with E-state index in [0.717, 1.165) is 31.9 Å². The summed E-state index contributed by atoms with van der Waals surface area (Å²) in [6, 6.07) is 0. The molecule has 2 atom stereocenters. The van der Waals surface area contributed by atoms with Crippen LogP contribution in [0.5, 0.6) is 0 Å². The molecule has 21 heavy (non-hydrogen) atoms. The van der Waals surface area contributed by atoms with Gasteiger partial charge >= 0.3 is 0 Å². The molecule has 1 fully saturated rings. The molecule has 0 aromatic carbocycles. The first kappa shape index (κ1) is 14.5. The van der Waals surface area contributed by atoms with Crippen molar-refractivity contribution in [2.45, 2.75) is 18.6 Å². The lowest BCUT2D eigenvalue weighted by Crippen LogP contribution is -2.26. The molecule has 2 aromatic heterocycles. The Morgan fingerprint density at radius 2 is 2.19 bits per heavy atom. The molecule has 7 nitrogen and oxygen atoms in total. The smallest absolute Gasteiger partial charge is 0.0897 e. The van der Waals surface area contributed by atoms with Crippen LogP contribution in [0, 0.1) is 0 Å². The maximum atomic E-state index is 5.87. The van der Waals surface area contributed by atoms with Gasteiger partial charge in [-0.1, -0.05) is 16.8 Å². The molecule has 8 heteroatoms. The lowest BCUT2D eigenvalue weighted by molar-refractivity contribution is 0.0959. The highest BCUT2D eigenvalue weighted by atomic mass is 35.5. The number of halogens is 1. The number of aromatic nitrogens is 5. The lowest BCUT2D eigenvalue weighted by atomic mass is 10.0. The molecule has 0 unspecified atom stereocenters. The van der Waals surface area contributed by atoms with Crippen LogP contribution in [0.15, 0.2) is 18.6 Å². The van der Waals surface area contributed by atoms with Crippen molar-refractivity contribution in [1.29, 1.82) is 0 Å². The number of nitrogens with zero attached hydrogens (tertiary/aromatic N) is 6. The molecule has 1 aliphatic rings. The third kappa shape index (κ3) is 3.25. The predicted octanol–water partition coefficient (Wildman–Crippen LogP) is 0.779. The fourth-order valence-corrected chi connectivity index (χ4v) is 2.95. The van der Waals surface area contributed by atoms with E-state index in [1.165, 1.54) is 0 Å². The number of likely N-dealkylation sites (tertiary alicyclic amines) is 1. The van der Waals surface area contributed by atoms with Gasteiger partial charge in [0, 0.05) is 52.1 Å². The van der Waals surface area contributed by atoms with Gasteiger partial charge in [-0.05, 0) is 0 Å². The van der Waals surface area contributed by atoms with Crippen molar-refractivity contribution in [1.82, 2.24) is 29.7 Å². The van der Waals surface area contributed by atoms with Gasteiger partial charge in [0.05, 0.1) is 29.6 Å². The molecule has 0 spiro atoms. The Kier molecular flexibility index (Phi) is 4.23. The minimum Gasteiger partial charge on any atom is -0.379 e. The summed E-state index contributed by atoms with van der Waals surface area (Å²) in [6.07, 6.45) is 5.62. The zero-order valence-electron chi connectivity index (χ0n) is 12.2. The van der Waals surface area contributed by atoms with E-state index in [-0.39, 0.29) is 12.0 Å². The molecular weight excluding hydrogens is 292 g/mol. The van der Waals surface area contributed by atoms with E-state index < -0.39 is 0 Å². The number of hydrogen-bond acceptors (Lipinski definition) is 5. The molecule has 0 amide bonds. The summed E-state index contributed by atoms with van der Waals surface area (Å²) in [7, 11) is 3.64. The monoisotopic (exact) mass is 310 g/mol. The summed E-state index contributed by atoms with van der Waals surface area (Å²) < 4.78 is 9.21. The van der Waals surface area contributed by atoms with Crippen molar-refractivity contribution in [3.8, 4) is 0 Å². The van der Waals surface area contributed by atoms with E-state index in [1.807, 2.05) is 24.1 Å². The molecule has 3 heterocycles. The van der Waals surface area contributed by atoms with Gasteiger partial charge in [0.1, 0.15) is 0 Å². The van der Waals surface area contributed by atoms with Crippen LogP contribution in [0.25, 0.3) is 0 Å². The van der Waals surface area contributed by atoms with Crippen molar-refractivity contribution in [3.05, 3.63) is 29.3 Å². The summed E-state index contributed by atoms with van der Waals surface area (Å²) >= 11 is 5.87. The largest absolute Gasteiger partial charge is 0.379 e. The number of methoxy groups -OCH3 is 1. The van der Waals surface area contributed by atoms with Gasteiger partial charge in [-0.25, -0.2) is 0 Å². The number of hydrogen-bond donors (Lipinski definition) is 0. The molecule has 0 radical (unpaired) electrons. The Labute approximate surface area is 128 Å². The van der Waals surface area contributed by atoms with E-state index in [4.69, 9.17) is 16.3 Å². The highest BCUT2D eigenvalue weighted by Gasteiger charge is 2.35. The van der Waals surface area contributed by atoms with Gasteiger partial charge in [0.15, 0.2) is 0 Å². The first-order valence-corrected chi connectivity index (χ1v) is 7.33. The Hall–Kier alpha value is -1.44. The minimum absolute atomic E-state index is 0.155. The lowest BCUT2D eigenvalue weighted by Gasteiger charge is -2.14. The molecule has 1 saturated heterocycles.